The summed E-state index contributed by atoms with van der Waals surface area (Å²) in [7, 11) is 0. The molecule has 2 rings (SSSR count). The lowest BCUT2D eigenvalue weighted by Crippen LogP contribution is -2.17. The summed E-state index contributed by atoms with van der Waals surface area (Å²) in [5.41, 5.74) is 9.75. The van der Waals surface area contributed by atoms with Crippen molar-refractivity contribution in [3.63, 3.8) is 0 Å². The molecule has 1 aromatic rings. The van der Waals surface area contributed by atoms with Crippen LogP contribution in [0.15, 0.2) is 18.2 Å². The van der Waals surface area contributed by atoms with Crippen molar-refractivity contribution in [2.75, 3.05) is 0 Å². The average Bonchev–Trinajstić information content (AvgIpc) is 2.60. The Morgan fingerprint density at radius 1 is 1.19 bits per heavy atom. The molecule has 0 aliphatic heterocycles. The van der Waals surface area contributed by atoms with E-state index in [0.717, 1.165) is 25.9 Å². The minimum Gasteiger partial charge on any atom is -0.373 e. The standard InChI is InChI=1S/C14H21NO/c1-10-5-11(2)7-12(6-10)9-16-14-4-3-13(15)8-14/h5-7,13-14H,3-4,8-9,15H2,1-2H3. The molecule has 1 aromatic carbocycles. The number of nitrogens with two attached hydrogens (primary N) is 1. The molecule has 0 spiro atoms. The Morgan fingerprint density at radius 3 is 2.44 bits per heavy atom. The van der Waals surface area contributed by atoms with E-state index in [-0.39, 0.29) is 0 Å². The third-order valence-corrected chi connectivity index (χ3v) is 3.19. The van der Waals surface area contributed by atoms with Crippen molar-refractivity contribution in [3.05, 3.63) is 34.9 Å². The van der Waals surface area contributed by atoms with E-state index >= 15 is 0 Å². The monoisotopic (exact) mass is 219 g/mol. The van der Waals surface area contributed by atoms with Gasteiger partial charge < -0.3 is 10.5 Å². The van der Waals surface area contributed by atoms with Crippen LogP contribution in [0.5, 0.6) is 0 Å². The first-order valence-electron chi connectivity index (χ1n) is 6.08. The topological polar surface area (TPSA) is 35.2 Å². The average molecular weight is 219 g/mol. The minimum atomic E-state index is 0.351. The first-order chi connectivity index (χ1) is 7.63. The summed E-state index contributed by atoms with van der Waals surface area (Å²) in [5.74, 6) is 0. The zero-order valence-electron chi connectivity index (χ0n) is 10.2. The molecule has 2 N–H and O–H groups in total. The molecule has 1 aliphatic carbocycles. The molecule has 0 bridgehead atoms. The van der Waals surface area contributed by atoms with Gasteiger partial charge in [0.15, 0.2) is 0 Å². The molecule has 2 atom stereocenters. The molecule has 0 radical (unpaired) electrons. The maximum atomic E-state index is 5.89. The van der Waals surface area contributed by atoms with Crippen molar-refractivity contribution in [3.8, 4) is 0 Å². The van der Waals surface area contributed by atoms with Gasteiger partial charge in [0.05, 0.1) is 12.7 Å². The summed E-state index contributed by atoms with van der Waals surface area (Å²) >= 11 is 0. The maximum Gasteiger partial charge on any atom is 0.0720 e. The molecule has 1 fully saturated rings. The summed E-state index contributed by atoms with van der Waals surface area (Å²) in [6.07, 6.45) is 3.62. The zero-order valence-corrected chi connectivity index (χ0v) is 10.2. The van der Waals surface area contributed by atoms with Gasteiger partial charge in [0.2, 0.25) is 0 Å². The van der Waals surface area contributed by atoms with E-state index in [1.54, 1.807) is 0 Å². The van der Waals surface area contributed by atoms with Gasteiger partial charge in [-0.1, -0.05) is 29.3 Å². The Kier molecular flexibility index (Phi) is 3.62. The van der Waals surface area contributed by atoms with Crippen molar-refractivity contribution >= 4 is 0 Å². The molecule has 0 aromatic heterocycles. The third kappa shape index (κ3) is 3.06. The van der Waals surface area contributed by atoms with Gasteiger partial charge >= 0.3 is 0 Å². The molecule has 2 unspecified atom stereocenters. The number of rotatable bonds is 3. The first-order valence-corrected chi connectivity index (χ1v) is 6.08. The van der Waals surface area contributed by atoms with Crippen LogP contribution in [-0.4, -0.2) is 12.1 Å². The Labute approximate surface area is 97.8 Å². The largest absolute Gasteiger partial charge is 0.373 e. The molecule has 2 heteroatoms. The van der Waals surface area contributed by atoms with Crippen LogP contribution in [0, 0.1) is 13.8 Å². The summed E-state index contributed by atoms with van der Waals surface area (Å²) < 4.78 is 5.89. The molecule has 16 heavy (non-hydrogen) atoms. The highest BCUT2D eigenvalue weighted by Gasteiger charge is 2.21. The van der Waals surface area contributed by atoms with Gasteiger partial charge in [-0.05, 0) is 38.7 Å². The van der Waals surface area contributed by atoms with Crippen LogP contribution in [0.25, 0.3) is 0 Å². The van der Waals surface area contributed by atoms with Crippen LogP contribution in [0.3, 0.4) is 0 Å². The molecule has 0 saturated heterocycles. The van der Waals surface area contributed by atoms with E-state index in [1.807, 2.05) is 0 Å². The summed E-state index contributed by atoms with van der Waals surface area (Å²) in [6.45, 7) is 4.98. The summed E-state index contributed by atoms with van der Waals surface area (Å²) in [4.78, 5) is 0. The lowest BCUT2D eigenvalue weighted by molar-refractivity contribution is 0.0448. The predicted molar refractivity (Wildman–Crippen MR) is 66.3 cm³/mol. The number of benzene rings is 1. The molecular formula is C14H21NO. The SMILES string of the molecule is Cc1cc(C)cc(COC2CCC(N)C2)c1. The van der Waals surface area contributed by atoms with Gasteiger partial charge in [0, 0.05) is 6.04 Å². The molecule has 2 nitrogen and oxygen atoms in total. The Hall–Kier alpha value is -0.860. The first kappa shape index (κ1) is 11.6. The molecule has 1 aliphatic rings. The van der Waals surface area contributed by atoms with E-state index in [9.17, 15) is 0 Å². The van der Waals surface area contributed by atoms with Crippen molar-refractivity contribution in [2.45, 2.75) is 51.9 Å². The fraction of sp³-hybridized carbons (Fsp3) is 0.571. The van der Waals surface area contributed by atoms with Crippen LogP contribution >= 0.6 is 0 Å². The molecule has 0 amide bonds. The second-order valence-electron chi connectivity index (χ2n) is 5.00. The Balaban J connectivity index is 1.89. The minimum absolute atomic E-state index is 0.351. The number of hydrogen-bond donors (Lipinski definition) is 1. The van der Waals surface area contributed by atoms with Crippen LogP contribution in [0.1, 0.15) is 36.0 Å². The van der Waals surface area contributed by atoms with Gasteiger partial charge in [-0.3, -0.25) is 0 Å². The third-order valence-electron chi connectivity index (χ3n) is 3.19. The lowest BCUT2D eigenvalue weighted by Gasteiger charge is -2.12. The van der Waals surface area contributed by atoms with Gasteiger partial charge in [0.1, 0.15) is 0 Å². The number of hydrogen-bond acceptors (Lipinski definition) is 2. The predicted octanol–water partition coefficient (Wildman–Crippen LogP) is 2.70. The molecule has 88 valence electrons. The Bertz CT molecular complexity index is 342. The lowest BCUT2D eigenvalue weighted by atomic mass is 10.1. The van der Waals surface area contributed by atoms with Crippen LogP contribution in [-0.2, 0) is 11.3 Å². The van der Waals surface area contributed by atoms with E-state index in [1.165, 1.54) is 16.7 Å². The van der Waals surface area contributed by atoms with Gasteiger partial charge in [0.25, 0.3) is 0 Å². The molecule has 1 saturated carbocycles. The fourth-order valence-electron chi connectivity index (χ4n) is 2.49. The van der Waals surface area contributed by atoms with Crippen LogP contribution in [0.4, 0.5) is 0 Å². The summed E-state index contributed by atoms with van der Waals surface area (Å²) in [6, 6.07) is 6.93. The second kappa shape index (κ2) is 4.98. The highest BCUT2D eigenvalue weighted by molar-refractivity contribution is 5.28. The van der Waals surface area contributed by atoms with E-state index in [2.05, 4.69) is 32.0 Å². The van der Waals surface area contributed by atoms with E-state index in [4.69, 9.17) is 10.5 Å². The van der Waals surface area contributed by atoms with Gasteiger partial charge in [-0.2, -0.15) is 0 Å². The Morgan fingerprint density at radius 2 is 1.88 bits per heavy atom. The van der Waals surface area contributed by atoms with Crippen molar-refractivity contribution in [2.24, 2.45) is 5.73 Å². The molecule has 0 heterocycles. The molecular weight excluding hydrogens is 198 g/mol. The zero-order chi connectivity index (χ0) is 11.5. The highest BCUT2D eigenvalue weighted by atomic mass is 16.5. The number of ether oxygens (including phenoxy) is 1. The van der Waals surface area contributed by atoms with Gasteiger partial charge in [-0.25, -0.2) is 0 Å². The van der Waals surface area contributed by atoms with E-state index in [0.29, 0.717) is 12.1 Å². The van der Waals surface area contributed by atoms with Gasteiger partial charge in [-0.15, -0.1) is 0 Å². The smallest absolute Gasteiger partial charge is 0.0720 e. The second-order valence-corrected chi connectivity index (χ2v) is 5.00. The van der Waals surface area contributed by atoms with Crippen molar-refractivity contribution < 1.29 is 4.74 Å². The maximum absolute atomic E-state index is 5.89. The van der Waals surface area contributed by atoms with Crippen LogP contribution in [0.2, 0.25) is 0 Å². The quantitative estimate of drug-likeness (QED) is 0.848. The highest BCUT2D eigenvalue weighted by Crippen LogP contribution is 2.22. The van der Waals surface area contributed by atoms with Crippen LogP contribution < -0.4 is 5.73 Å². The number of aryl methyl sites for hydroxylation is 2. The van der Waals surface area contributed by atoms with Crippen molar-refractivity contribution in [1.29, 1.82) is 0 Å². The van der Waals surface area contributed by atoms with Crippen molar-refractivity contribution in [1.82, 2.24) is 0 Å². The fourth-order valence-corrected chi connectivity index (χ4v) is 2.49. The normalized spacial score (nSPS) is 24.9. The summed E-state index contributed by atoms with van der Waals surface area (Å²) in [5, 5.41) is 0. The van der Waals surface area contributed by atoms with E-state index < -0.39 is 0 Å².